The molecule has 4 aromatic rings. The quantitative estimate of drug-likeness (QED) is 0.261. The van der Waals surface area contributed by atoms with Gasteiger partial charge in [-0.05, 0) is 47.0 Å². The van der Waals surface area contributed by atoms with Crippen molar-refractivity contribution in [3.8, 4) is 0 Å². The number of benzene rings is 4. The Morgan fingerprint density at radius 1 is 0.889 bits per heavy atom. The summed E-state index contributed by atoms with van der Waals surface area (Å²) in [6, 6.07) is 30.5. The zero-order valence-corrected chi connectivity index (χ0v) is 20.5. The van der Waals surface area contributed by atoms with Gasteiger partial charge in [-0.3, -0.25) is 14.5 Å². The van der Waals surface area contributed by atoms with E-state index >= 15 is 0 Å². The summed E-state index contributed by atoms with van der Waals surface area (Å²) < 4.78 is 0. The Labute approximate surface area is 213 Å². The first-order chi connectivity index (χ1) is 17.4. The normalized spacial score (nSPS) is 17.3. The van der Waals surface area contributed by atoms with Crippen molar-refractivity contribution >= 4 is 46.1 Å². The van der Waals surface area contributed by atoms with Crippen LogP contribution in [-0.2, 0) is 20.9 Å². The van der Waals surface area contributed by atoms with Crippen molar-refractivity contribution in [3.05, 3.63) is 108 Å². The summed E-state index contributed by atoms with van der Waals surface area (Å²) in [6.45, 7) is 1.30. The number of hydrogen-bond donors (Lipinski definition) is 2. The number of fused-ring (bicyclic) bond motifs is 1. The summed E-state index contributed by atoms with van der Waals surface area (Å²) in [6.07, 6.45) is 0. The van der Waals surface area contributed by atoms with Crippen LogP contribution in [-0.4, -0.2) is 29.3 Å². The van der Waals surface area contributed by atoms with Crippen molar-refractivity contribution in [2.24, 2.45) is 0 Å². The molecule has 2 N–H and O–H groups in total. The fourth-order valence-corrected chi connectivity index (χ4v) is 5.26. The smallest absolute Gasteiger partial charge is 0.324 e. The molecule has 4 amide bonds. The topological polar surface area (TPSA) is 78.5 Å². The molecular weight excluding hydrogens is 470 g/mol. The summed E-state index contributed by atoms with van der Waals surface area (Å²) >= 11 is 1.61. The highest BCUT2D eigenvalue weighted by Gasteiger charge is 2.49. The zero-order chi connectivity index (χ0) is 25.1. The number of anilines is 1. The Bertz CT molecular complexity index is 1460. The molecule has 1 saturated heterocycles. The summed E-state index contributed by atoms with van der Waals surface area (Å²) in [5.41, 5.74) is 1.25. The summed E-state index contributed by atoms with van der Waals surface area (Å²) in [5.74, 6) is -0.135. The average molecular weight is 496 g/mol. The Morgan fingerprint density at radius 3 is 2.39 bits per heavy atom. The molecule has 180 valence electrons. The molecule has 4 aromatic carbocycles. The monoisotopic (exact) mass is 495 g/mol. The first kappa shape index (κ1) is 23.6. The molecule has 0 bridgehead atoms. The summed E-state index contributed by atoms with van der Waals surface area (Å²) in [5, 5.41) is 7.67. The van der Waals surface area contributed by atoms with Gasteiger partial charge in [0.05, 0.1) is 5.69 Å². The third kappa shape index (κ3) is 4.70. The number of thioether (sulfide) groups is 1. The number of para-hydroxylation sites is 1. The van der Waals surface area contributed by atoms with Crippen LogP contribution in [0.3, 0.4) is 0 Å². The van der Waals surface area contributed by atoms with Gasteiger partial charge in [0.1, 0.15) is 12.1 Å². The van der Waals surface area contributed by atoms with Crippen molar-refractivity contribution in [2.75, 3.05) is 11.9 Å². The predicted molar refractivity (Wildman–Crippen MR) is 143 cm³/mol. The van der Waals surface area contributed by atoms with Gasteiger partial charge in [-0.1, -0.05) is 78.9 Å². The molecule has 1 heterocycles. The van der Waals surface area contributed by atoms with E-state index in [-0.39, 0.29) is 6.54 Å². The van der Waals surface area contributed by atoms with Crippen molar-refractivity contribution in [1.29, 1.82) is 0 Å². The number of hydrogen-bond acceptors (Lipinski definition) is 4. The van der Waals surface area contributed by atoms with Crippen molar-refractivity contribution in [3.63, 3.8) is 0 Å². The van der Waals surface area contributed by atoms with Crippen LogP contribution < -0.4 is 10.6 Å². The molecule has 0 saturated carbocycles. The van der Waals surface area contributed by atoms with Gasteiger partial charge in [0, 0.05) is 10.6 Å². The highest BCUT2D eigenvalue weighted by atomic mass is 32.2. The standard InChI is InChI=1S/C29H25N3O3S/c1-29(23-16-15-21-11-5-6-12-22(21)17-23)27(34)32(28(35)31-29)18-26(33)30-24-13-7-8-14-25(24)36-19-20-9-3-2-4-10-20/h2-17H,18-19H2,1H3,(H,30,33)(H,31,35)/t29-/m0/s1. The molecule has 1 fully saturated rings. The van der Waals surface area contributed by atoms with Crippen LogP contribution in [0.15, 0.2) is 102 Å². The van der Waals surface area contributed by atoms with Crippen molar-refractivity contribution < 1.29 is 14.4 Å². The van der Waals surface area contributed by atoms with E-state index in [0.717, 1.165) is 26.3 Å². The fourth-order valence-electron chi connectivity index (χ4n) is 4.30. The molecule has 6 nitrogen and oxygen atoms in total. The van der Waals surface area contributed by atoms with E-state index in [1.165, 1.54) is 5.56 Å². The maximum Gasteiger partial charge on any atom is 0.325 e. The molecule has 0 aliphatic carbocycles. The number of rotatable bonds is 7. The molecule has 1 aliphatic rings. The molecule has 5 rings (SSSR count). The van der Waals surface area contributed by atoms with Gasteiger partial charge in [0.15, 0.2) is 0 Å². The van der Waals surface area contributed by atoms with E-state index in [4.69, 9.17) is 0 Å². The van der Waals surface area contributed by atoms with Crippen LogP contribution >= 0.6 is 11.8 Å². The SMILES string of the molecule is C[C@@]1(c2ccc3ccccc3c2)NC(=O)N(CC(=O)Nc2ccccc2SCc2ccccc2)C1=O. The highest BCUT2D eigenvalue weighted by molar-refractivity contribution is 7.98. The van der Waals surface area contributed by atoms with Gasteiger partial charge in [-0.25, -0.2) is 4.79 Å². The number of urea groups is 1. The molecule has 1 aliphatic heterocycles. The van der Waals surface area contributed by atoms with E-state index in [1.54, 1.807) is 18.7 Å². The number of carbonyl (C=O) groups is 3. The van der Waals surface area contributed by atoms with Crippen LogP contribution in [0.1, 0.15) is 18.1 Å². The third-order valence-electron chi connectivity index (χ3n) is 6.30. The minimum Gasteiger partial charge on any atom is -0.324 e. The molecule has 0 radical (unpaired) electrons. The first-order valence-electron chi connectivity index (χ1n) is 11.6. The second-order valence-electron chi connectivity index (χ2n) is 8.83. The van der Waals surface area contributed by atoms with E-state index in [2.05, 4.69) is 22.8 Å². The molecule has 0 unspecified atom stereocenters. The van der Waals surface area contributed by atoms with Crippen LogP contribution in [0.5, 0.6) is 0 Å². The zero-order valence-electron chi connectivity index (χ0n) is 19.7. The van der Waals surface area contributed by atoms with Gasteiger partial charge in [-0.15, -0.1) is 11.8 Å². The Morgan fingerprint density at radius 2 is 1.58 bits per heavy atom. The van der Waals surface area contributed by atoms with Gasteiger partial charge in [0.2, 0.25) is 5.91 Å². The van der Waals surface area contributed by atoms with Gasteiger partial charge in [0.25, 0.3) is 5.91 Å². The lowest BCUT2D eigenvalue weighted by Crippen LogP contribution is -2.42. The lowest BCUT2D eigenvalue weighted by molar-refractivity contribution is -0.133. The molecule has 0 aromatic heterocycles. The second-order valence-corrected chi connectivity index (χ2v) is 9.84. The average Bonchev–Trinajstić information content (AvgIpc) is 3.12. The Hall–Kier alpha value is -4.10. The largest absolute Gasteiger partial charge is 0.325 e. The van der Waals surface area contributed by atoms with Gasteiger partial charge >= 0.3 is 6.03 Å². The lowest BCUT2D eigenvalue weighted by atomic mass is 9.90. The summed E-state index contributed by atoms with van der Waals surface area (Å²) in [4.78, 5) is 40.9. The number of nitrogens with zero attached hydrogens (tertiary/aromatic N) is 1. The maximum atomic E-state index is 13.3. The van der Waals surface area contributed by atoms with Crippen molar-refractivity contribution in [1.82, 2.24) is 10.2 Å². The molecule has 7 heteroatoms. The first-order valence-corrected chi connectivity index (χ1v) is 12.6. The highest BCUT2D eigenvalue weighted by Crippen LogP contribution is 2.32. The maximum absolute atomic E-state index is 13.3. The Kier molecular flexibility index (Phi) is 6.48. The Balaban J connectivity index is 1.29. The van der Waals surface area contributed by atoms with Gasteiger partial charge < -0.3 is 10.6 Å². The molecule has 36 heavy (non-hydrogen) atoms. The van der Waals surface area contributed by atoms with Gasteiger partial charge in [-0.2, -0.15) is 0 Å². The number of carbonyl (C=O) groups excluding carboxylic acids is 3. The van der Waals surface area contributed by atoms with Crippen LogP contribution in [0.25, 0.3) is 10.8 Å². The van der Waals surface area contributed by atoms with Crippen LogP contribution in [0.2, 0.25) is 0 Å². The minimum absolute atomic E-state index is 0.370. The fraction of sp³-hybridized carbons (Fsp3) is 0.138. The minimum atomic E-state index is -1.25. The van der Waals surface area contributed by atoms with E-state index in [0.29, 0.717) is 11.3 Å². The summed E-state index contributed by atoms with van der Waals surface area (Å²) in [7, 11) is 0. The number of nitrogens with one attached hydrogen (secondary N) is 2. The number of amides is 4. The van der Waals surface area contributed by atoms with E-state index in [1.807, 2.05) is 84.9 Å². The molecular formula is C29H25N3O3S. The van der Waals surface area contributed by atoms with Crippen LogP contribution in [0, 0.1) is 0 Å². The molecule has 0 spiro atoms. The molecule has 1 atom stereocenters. The predicted octanol–water partition coefficient (Wildman–Crippen LogP) is 5.54. The van der Waals surface area contributed by atoms with E-state index in [9.17, 15) is 14.4 Å². The number of imide groups is 1. The second kappa shape index (κ2) is 9.87. The lowest BCUT2D eigenvalue weighted by Gasteiger charge is -2.22. The van der Waals surface area contributed by atoms with E-state index < -0.39 is 23.4 Å². The van der Waals surface area contributed by atoms with Crippen LogP contribution in [0.4, 0.5) is 10.5 Å². The third-order valence-corrected chi connectivity index (χ3v) is 7.45. The van der Waals surface area contributed by atoms with Crippen molar-refractivity contribution in [2.45, 2.75) is 23.1 Å².